The second-order valence-corrected chi connectivity index (χ2v) is 6.87. The zero-order valence-electron chi connectivity index (χ0n) is 16.1. The van der Waals surface area contributed by atoms with Crippen molar-refractivity contribution in [3.63, 3.8) is 0 Å². The highest BCUT2D eigenvalue weighted by atomic mass is 35.5. The van der Waals surface area contributed by atoms with Crippen molar-refractivity contribution in [2.75, 3.05) is 7.11 Å². The van der Waals surface area contributed by atoms with E-state index >= 15 is 0 Å². The number of halogens is 2. The Morgan fingerprint density at radius 1 is 1.00 bits per heavy atom. The molecule has 0 aliphatic rings. The Bertz CT molecular complexity index is 873. The van der Waals surface area contributed by atoms with Crippen LogP contribution in [0.2, 0.25) is 5.02 Å². The smallest absolute Gasteiger partial charge is 0.328 e. The highest BCUT2D eigenvalue weighted by molar-refractivity contribution is 6.31. The molecule has 2 atom stereocenters. The van der Waals surface area contributed by atoms with E-state index in [0.717, 1.165) is 0 Å². The molecule has 0 saturated carbocycles. The molecule has 0 bridgehead atoms. The van der Waals surface area contributed by atoms with E-state index in [4.69, 9.17) is 16.3 Å². The summed E-state index contributed by atoms with van der Waals surface area (Å²) >= 11 is 6.15. The number of rotatable bonds is 8. The van der Waals surface area contributed by atoms with E-state index in [-0.39, 0.29) is 12.8 Å². The first-order valence-electron chi connectivity index (χ1n) is 8.93. The standard InChI is InChI=1S/C21H22ClFN2O4/c1-13(26)24-18(11-14-7-9-16(23)10-8-14)20(27)25-19(21(28)29-2)12-15-5-3-4-6-17(15)22/h3-10,18-19H,11-12H2,1-2H3,(H,24,26)(H,25,27)/t18-,19+/m1/s1. The molecule has 2 rings (SSSR count). The number of benzene rings is 2. The molecule has 2 aromatic carbocycles. The van der Waals surface area contributed by atoms with E-state index in [0.29, 0.717) is 16.1 Å². The van der Waals surface area contributed by atoms with Crippen molar-refractivity contribution in [2.45, 2.75) is 31.8 Å². The first kappa shape index (κ1) is 22.4. The van der Waals surface area contributed by atoms with Crippen LogP contribution in [0.3, 0.4) is 0 Å². The van der Waals surface area contributed by atoms with Crippen molar-refractivity contribution in [1.29, 1.82) is 0 Å². The first-order chi connectivity index (χ1) is 13.8. The molecule has 0 aliphatic carbocycles. The van der Waals surface area contributed by atoms with Crippen LogP contribution in [0, 0.1) is 5.82 Å². The van der Waals surface area contributed by atoms with Crippen molar-refractivity contribution in [3.8, 4) is 0 Å². The third-order valence-corrected chi connectivity index (χ3v) is 4.60. The summed E-state index contributed by atoms with van der Waals surface area (Å²) in [6.45, 7) is 1.28. The van der Waals surface area contributed by atoms with Crippen molar-refractivity contribution >= 4 is 29.4 Å². The largest absolute Gasteiger partial charge is 0.467 e. The van der Waals surface area contributed by atoms with Gasteiger partial charge < -0.3 is 15.4 Å². The van der Waals surface area contributed by atoms with Crippen molar-refractivity contribution < 1.29 is 23.5 Å². The minimum atomic E-state index is -0.989. The SMILES string of the molecule is COC(=O)[C@H](Cc1ccccc1Cl)NC(=O)[C@@H](Cc1ccc(F)cc1)NC(C)=O. The van der Waals surface area contributed by atoms with E-state index in [1.165, 1.54) is 38.3 Å². The summed E-state index contributed by atoms with van der Waals surface area (Å²) in [5, 5.41) is 5.64. The summed E-state index contributed by atoms with van der Waals surface area (Å²) in [6.07, 6.45) is 0.257. The molecule has 0 aromatic heterocycles. The molecule has 0 aliphatic heterocycles. The second-order valence-electron chi connectivity index (χ2n) is 6.46. The Morgan fingerprint density at radius 3 is 2.24 bits per heavy atom. The van der Waals surface area contributed by atoms with Crippen LogP contribution in [0.1, 0.15) is 18.1 Å². The van der Waals surface area contributed by atoms with Crippen LogP contribution in [0.4, 0.5) is 4.39 Å². The number of ether oxygens (including phenoxy) is 1. The van der Waals surface area contributed by atoms with E-state index in [2.05, 4.69) is 10.6 Å². The second kappa shape index (κ2) is 10.6. The van der Waals surface area contributed by atoms with Gasteiger partial charge in [0.2, 0.25) is 11.8 Å². The highest BCUT2D eigenvalue weighted by Gasteiger charge is 2.27. The predicted octanol–water partition coefficient (Wildman–Crippen LogP) is 2.43. The van der Waals surface area contributed by atoms with Crippen LogP contribution in [-0.4, -0.2) is 37.0 Å². The Hall–Kier alpha value is -2.93. The molecule has 2 N–H and O–H groups in total. The van der Waals surface area contributed by atoms with Crippen molar-refractivity contribution in [3.05, 3.63) is 70.5 Å². The lowest BCUT2D eigenvalue weighted by molar-refractivity contribution is -0.145. The molecule has 0 saturated heterocycles. The minimum Gasteiger partial charge on any atom is -0.467 e. The van der Waals surface area contributed by atoms with E-state index < -0.39 is 35.7 Å². The maximum Gasteiger partial charge on any atom is 0.328 e. The van der Waals surface area contributed by atoms with Crippen LogP contribution in [-0.2, 0) is 32.0 Å². The maximum absolute atomic E-state index is 13.1. The number of hydrogen-bond acceptors (Lipinski definition) is 4. The lowest BCUT2D eigenvalue weighted by atomic mass is 10.0. The van der Waals surface area contributed by atoms with Crippen molar-refractivity contribution in [1.82, 2.24) is 10.6 Å². The van der Waals surface area contributed by atoms with Gasteiger partial charge in [-0.05, 0) is 29.3 Å². The molecule has 6 nitrogen and oxygen atoms in total. The van der Waals surface area contributed by atoms with Gasteiger partial charge in [0, 0.05) is 24.8 Å². The zero-order valence-corrected chi connectivity index (χ0v) is 16.8. The fourth-order valence-electron chi connectivity index (χ4n) is 2.80. The van der Waals surface area contributed by atoms with E-state index in [1.54, 1.807) is 24.3 Å². The molecular formula is C21H22ClFN2O4. The topological polar surface area (TPSA) is 84.5 Å². The van der Waals surface area contributed by atoms with E-state index in [9.17, 15) is 18.8 Å². The maximum atomic E-state index is 13.1. The predicted molar refractivity (Wildman–Crippen MR) is 107 cm³/mol. The monoisotopic (exact) mass is 420 g/mol. The van der Waals surface area contributed by atoms with Gasteiger partial charge in [-0.1, -0.05) is 41.9 Å². The van der Waals surface area contributed by atoms with Gasteiger partial charge in [-0.15, -0.1) is 0 Å². The summed E-state index contributed by atoms with van der Waals surface area (Å²) < 4.78 is 17.9. The van der Waals surface area contributed by atoms with E-state index in [1.807, 2.05) is 0 Å². The van der Waals surface area contributed by atoms with Gasteiger partial charge in [-0.2, -0.15) is 0 Å². The molecule has 2 amide bonds. The number of hydrogen-bond donors (Lipinski definition) is 2. The lowest BCUT2D eigenvalue weighted by Gasteiger charge is -2.22. The number of amides is 2. The number of methoxy groups -OCH3 is 1. The Morgan fingerprint density at radius 2 is 1.66 bits per heavy atom. The van der Waals surface area contributed by atoms with Gasteiger partial charge in [0.05, 0.1) is 7.11 Å². The number of nitrogens with one attached hydrogen (secondary N) is 2. The lowest BCUT2D eigenvalue weighted by Crippen LogP contribution is -2.53. The quantitative estimate of drug-likeness (QED) is 0.642. The molecule has 0 radical (unpaired) electrons. The Balaban J connectivity index is 2.17. The van der Waals surface area contributed by atoms with Crippen LogP contribution < -0.4 is 10.6 Å². The number of carbonyl (C=O) groups is 3. The molecule has 0 heterocycles. The molecule has 0 fully saturated rings. The van der Waals surface area contributed by atoms with Gasteiger partial charge in [0.25, 0.3) is 0 Å². The van der Waals surface area contributed by atoms with Gasteiger partial charge >= 0.3 is 5.97 Å². The van der Waals surface area contributed by atoms with Crippen LogP contribution in [0.5, 0.6) is 0 Å². The summed E-state index contributed by atoms with van der Waals surface area (Å²) in [5.74, 6) is -2.01. The normalized spacial score (nSPS) is 12.6. The molecule has 0 unspecified atom stereocenters. The molecule has 2 aromatic rings. The third kappa shape index (κ3) is 6.87. The third-order valence-electron chi connectivity index (χ3n) is 4.23. The molecule has 154 valence electrons. The zero-order chi connectivity index (χ0) is 21.4. The van der Waals surface area contributed by atoms with Crippen LogP contribution in [0.15, 0.2) is 48.5 Å². The van der Waals surface area contributed by atoms with Gasteiger partial charge in [0.1, 0.15) is 17.9 Å². The highest BCUT2D eigenvalue weighted by Crippen LogP contribution is 2.17. The molecule has 29 heavy (non-hydrogen) atoms. The van der Waals surface area contributed by atoms with Crippen LogP contribution >= 0.6 is 11.6 Å². The molecule has 0 spiro atoms. The Labute approximate surface area is 173 Å². The summed E-state index contributed by atoms with van der Waals surface area (Å²) in [4.78, 5) is 36.6. The van der Waals surface area contributed by atoms with Gasteiger partial charge in [-0.3, -0.25) is 9.59 Å². The fourth-order valence-corrected chi connectivity index (χ4v) is 3.02. The molecular weight excluding hydrogens is 399 g/mol. The fraction of sp³-hybridized carbons (Fsp3) is 0.286. The summed E-state index contributed by atoms with van der Waals surface area (Å²) in [7, 11) is 1.22. The average Bonchev–Trinajstić information content (AvgIpc) is 2.69. The number of carbonyl (C=O) groups excluding carboxylic acids is 3. The summed E-state index contributed by atoms with van der Waals surface area (Å²) in [6, 6.07) is 10.6. The summed E-state index contributed by atoms with van der Waals surface area (Å²) in [5.41, 5.74) is 1.32. The Kier molecular flexibility index (Phi) is 8.15. The van der Waals surface area contributed by atoms with Crippen LogP contribution in [0.25, 0.3) is 0 Å². The number of esters is 1. The van der Waals surface area contributed by atoms with Crippen molar-refractivity contribution in [2.24, 2.45) is 0 Å². The average molecular weight is 421 g/mol. The van der Waals surface area contributed by atoms with Gasteiger partial charge in [0.15, 0.2) is 0 Å². The first-order valence-corrected chi connectivity index (χ1v) is 9.31. The van der Waals surface area contributed by atoms with Gasteiger partial charge in [-0.25, -0.2) is 9.18 Å². The minimum absolute atomic E-state index is 0.126. The molecule has 8 heteroatoms.